The van der Waals surface area contributed by atoms with Gasteiger partial charge in [-0.15, -0.1) is 0 Å². The Bertz CT molecular complexity index is 1880. The van der Waals surface area contributed by atoms with Gasteiger partial charge in [-0.2, -0.15) is 5.26 Å². The zero-order valence-corrected chi connectivity index (χ0v) is 24.2. The van der Waals surface area contributed by atoms with Gasteiger partial charge in [-0.05, 0) is 74.8 Å². The first-order valence-electron chi connectivity index (χ1n) is 15.0. The smallest absolute Gasteiger partial charge is 0.335 e. The molecule has 0 spiro atoms. The molecule has 2 aliphatic heterocycles. The number of ether oxygens (including phenoxy) is 2. The summed E-state index contributed by atoms with van der Waals surface area (Å²) in [7, 11) is 0. The van der Waals surface area contributed by atoms with Crippen molar-refractivity contribution in [2.45, 2.75) is 51.0 Å². The quantitative estimate of drug-likeness (QED) is 0.244. The Morgan fingerprint density at radius 2 is 1.91 bits per heavy atom. The van der Waals surface area contributed by atoms with Crippen molar-refractivity contribution in [1.82, 2.24) is 24.4 Å². The van der Waals surface area contributed by atoms with E-state index in [1.54, 1.807) is 36.5 Å². The van der Waals surface area contributed by atoms with E-state index in [2.05, 4.69) is 26.6 Å². The average molecular weight is 589 g/mol. The van der Waals surface area contributed by atoms with Gasteiger partial charge in [-0.25, -0.2) is 14.8 Å². The minimum absolute atomic E-state index is 0.139. The van der Waals surface area contributed by atoms with Gasteiger partial charge in [-0.3, -0.25) is 9.88 Å². The number of piperidine rings is 1. The number of aromatic carboxylic acids is 1. The maximum atomic E-state index is 11.6. The van der Waals surface area contributed by atoms with Crippen molar-refractivity contribution in [3.8, 4) is 11.9 Å². The number of carboxylic acid groups (broad SMARTS) is 1. The SMILES string of the molecule is N#Cc1ccc2c(COc3cccc(C4CCN(Cc5nc6ccc(C(=O)O)cc6n5C[C@@H]5CCO5)CC4)n3)ccnc2c1. The van der Waals surface area contributed by atoms with Crippen LogP contribution in [0.2, 0.25) is 0 Å². The van der Waals surface area contributed by atoms with Crippen molar-refractivity contribution < 1.29 is 19.4 Å². The van der Waals surface area contributed by atoms with Crippen LogP contribution in [0.1, 0.15) is 58.2 Å². The van der Waals surface area contributed by atoms with E-state index < -0.39 is 5.97 Å². The molecule has 0 radical (unpaired) electrons. The Hall–Kier alpha value is -4.85. The number of hydrogen-bond acceptors (Lipinski definition) is 8. The first kappa shape index (κ1) is 28.0. The molecule has 5 aromatic rings. The Balaban J connectivity index is 1.01. The number of aromatic nitrogens is 4. The fourth-order valence-corrected chi connectivity index (χ4v) is 6.14. The fraction of sp³-hybridized carbons (Fsp3) is 0.324. The second-order valence-electron chi connectivity index (χ2n) is 11.5. The topological polar surface area (TPSA) is 126 Å². The average Bonchev–Trinajstić information content (AvgIpc) is 3.37. The normalized spacial score (nSPS) is 17.4. The second-order valence-corrected chi connectivity index (χ2v) is 11.5. The third kappa shape index (κ3) is 5.72. The summed E-state index contributed by atoms with van der Waals surface area (Å²) in [6.07, 6.45) is 4.83. The largest absolute Gasteiger partial charge is 0.478 e. The van der Waals surface area contributed by atoms with E-state index >= 15 is 0 Å². The summed E-state index contributed by atoms with van der Waals surface area (Å²) in [5.41, 5.74) is 5.31. The van der Waals surface area contributed by atoms with Gasteiger partial charge in [0, 0.05) is 41.4 Å². The van der Waals surface area contributed by atoms with E-state index in [0.29, 0.717) is 37.1 Å². The van der Waals surface area contributed by atoms with E-state index in [4.69, 9.17) is 19.4 Å². The van der Waals surface area contributed by atoms with E-state index in [9.17, 15) is 15.2 Å². The van der Waals surface area contributed by atoms with Crippen molar-refractivity contribution in [3.05, 3.63) is 95.1 Å². The molecule has 0 bridgehead atoms. The number of benzene rings is 2. The summed E-state index contributed by atoms with van der Waals surface area (Å²) in [5, 5.41) is 19.7. The highest BCUT2D eigenvalue weighted by Gasteiger charge is 2.26. The van der Waals surface area contributed by atoms with Gasteiger partial charge in [-0.1, -0.05) is 12.1 Å². The highest BCUT2D eigenvalue weighted by molar-refractivity contribution is 5.92. The molecule has 0 aliphatic carbocycles. The van der Waals surface area contributed by atoms with Crippen LogP contribution in [0.15, 0.2) is 66.9 Å². The lowest BCUT2D eigenvalue weighted by Crippen LogP contribution is -2.35. The molecule has 7 rings (SSSR count). The van der Waals surface area contributed by atoms with Gasteiger partial charge in [0.15, 0.2) is 0 Å². The van der Waals surface area contributed by atoms with Gasteiger partial charge in [0.25, 0.3) is 0 Å². The zero-order valence-electron chi connectivity index (χ0n) is 24.2. The molecule has 2 saturated heterocycles. The highest BCUT2D eigenvalue weighted by atomic mass is 16.5. The van der Waals surface area contributed by atoms with Crippen LogP contribution in [-0.4, -0.2) is 61.3 Å². The molecule has 222 valence electrons. The van der Waals surface area contributed by atoms with E-state index in [0.717, 1.165) is 78.0 Å². The molecule has 1 atom stereocenters. The van der Waals surface area contributed by atoms with Gasteiger partial charge in [0.1, 0.15) is 12.4 Å². The molecular weight excluding hydrogens is 556 g/mol. The molecule has 44 heavy (non-hydrogen) atoms. The predicted octanol–water partition coefficient (Wildman–Crippen LogP) is 5.30. The van der Waals surface area contributed by atoms with Gasteiger partial charge in [0.05, 0.1) is 52.9 Å². The van der Waals surface area contributed by atoms with Crippen molar-refractivity contribution in [3.63, 3.8) is 0 Å². The lowest BCUT2D eigenvalue weighted by atomic mass is 9.93. The molecule has 10 heteroatoms. The van der Waals surface area contributed by atoms with Gasteiger partial charge < -0.3 is 19.1 Å². The summed E-state index contributed by atoms with van der Waals surface area (Å²) in [6.45, 7) is 4.33. The number of nitriles is 1. The molecule has 2 aromatic carbocycles. The van der Waals surface area contributed by atoms with Crippen molar-refractivity contribution in [1.29, 1.82) is 5.26 Å². The van der Waals surface area contributed by atoms with Crippen molar-refractivity contribution in [2.75, 3.05) is 19.7 Å². The number of hydrogen-bond donors (Lipinski definition) is 1. The van der Waals surface area contributed by atoms with Crippen molar-refractivity contribution >= 4 is 27.9 Å². The number of pyridine rings is 2. The standard InChI is InChI=1S/C34H32N6O4/c35-18-22-4-6-27-25(8-12-36-30(27)16-22)21-44-33-3-1-2-28(38-33)23-9-13-39(14-10-23)20-32-37-29-7-5-24(34(41)42)17-31(29)40(32)19-26-11-15-43-26/h1-8,12,16-17,23,26H,9-11,13-15,19-21H2,(H,41,42)/t26-/m0/s1. The number of carboxylic acids is 1. The third-order valence-corrected chi connectivity index (χ3v) is 8.71. The summed E-state index contributed by atoms with van der Waals surface area (Å²) < 4.78 is 14.0. The monoisotopic (exact) mass is 588 g/mol. The van der Waals surface area contributed by atoms with Crippen LogP contribution in [0.5, 0.6) is 5.88 Å². The van der Waals surface area contributed by atoms with Crippen molar-refractivity contribution in [2.24, 2.45) is 0 Å². The predicted molar refractivity (Wildman–Crippen MR) is 163 cm³/mol. The van der Waals surface area contributed by atoms with Crippen LogP contribution >= 0.6 is 0 Å². The van der Waals surface area contributed by atoms with E-state index in [1.165, 1.54) is 0 Å². The van der Waals surface area contributed by atoms with Crippen LogP contribution in [0.25, 0.3) is 21.9 Å². The van der Waals surface area contributed by atoms with Gasteiger partial charge in [0.2, 0.25) is 5.88 Å². The highest BCUT2D eigenvalue weighted by Crippen LogP contribution is 2.30. The van der Waals surface area contributed by atoms with Crippen LogP contribution in [0.3, 0.4) is 0 Å². The van der Waals surface area contributed by atoms with Gasteiger partial charge >= 0.3 is 5.97 Å². The summed E-state index contributed by atoms with van der Waals surface area (Å²) >= 11 is 0. The Labute approximate surface area is 254 Å². The number of likely N-dealkylation sites (tertiary alicyclic amines) is 1. The maximum absolute atomic E-state index is 11.6. The maximum Gasteiger partial charge on any atom is 0.335 e. The summed E-state index contributed by atoms with van der Waals surface area (Å²) in [4.78, 5) is 28.2. The van der Waals surface area contributed by atoms with Crippen LogP contribution in [-0.2, 0) is 24.4 Å². The Morgan fingerprint density at radius 1 is 1.05 bits per heavy atom. The molecule has 2 fully saturated rings. The molecule has 0 amide bonds. The number of fused-ring (bicyclic) bond motifs is 2. The van der Waals surface area contributed by atoms with Crippen LogP contribution in [0, 0.1) is 11.3 Å². The minimum atomic E-state index is -0.938. The molecule has 10 nitrogen and oxygen atoms in total. The fourth-order valence-electron chi connectivity index (χ4n) is 6.14. The lowest BCUT2D eigenvalue weighted by molar-refractivity contribution is -0.0592. The Kier molecular flexibility index (Phi) is 7.64. The first-order valence-corrected chi connectivity index (χ1v) is 15.0. The lowest BCUT2D eigenvalue weighted by Gasteiger charge is -2.32. The zero-order chi connectivity index (χ0) is 30.0. The number of rotatable bonds is 9. The summed E-state index contributed by atoms with van der Waals surface area (Å²) in [5.74, 6) is 0.933. The minimum Gasteiger partial charge on any atom is -0.478 e. The van der Waals surface area contributed by atoms with Crippen LogP contribution in [0.4, 0.5) is 0 Å². The molecule has 3 aromatic heterocycles. The van der Waals surface area contributed by atoms with E-state index in [-0.39, 0.29) is 11.7 Å². The first-order chi connectivity index (χ1) is 21.5. The van der Waals surface area contributed by atoms with E-state index in [1.807, 2.05) is 24.3 Å². The number of nitrogens with zero attached hydrogens (tertiary/aromatic N) is 6. The summed E-state index contributed by atoms with van der Waals surface area (Å²) in [6, 6.07) is 20.7. The molecular formula is C34H32N6O4. The number of carbonyl (C=O) groups is 1. The molecule has 5 heterocycles. The van der Waals surface area contributed by atoms with Crippen LogP contribution < -0.4 is 4.74 Å². The molecule has 0 unspecified atom stereocenters. The molecule has 1 N–H and O–H groups in total. The number of imidazole rings is 1. The Morgan fingerprint density at radius 3 is 2.68 bits per heavy atom. The third-order valence-electron chi connectivity index (χ3n) is 8.71. The molecule has 0 saturated carbocycles. The second kappa shape index (κ2) is 12.0. The molecule has 2 aliphatic rings.